The van der Waals surface area contributed by atoms with E-state index in [9.17, 15) is 4.79 Å². The van der Waals surface area contributed by atoms with Crippen molar-refractivity contribution < 1.29 is 9.47 Å². The summed E-state index contributed by atoms with van der Waals surface area (Å²) in [5.41, 5.74) is 0.267. The number of hydrogen-bond acceptors (Lipinski definition) is 5. The summed E-state index contributed by atoms with van der Waals surface area (Å²) in [6.07, 6.45) is 2.40. The van der Waals surface area contributed by atoms with Gasteiger partial charge in [0.25, 0.3) is 5.56 Å². The zero-order chi connectivity index (χ0) is 14.1. The highest BCUT2D eigenvalue weighted by atomic mass is 35.5. The maximum absolute atomic E-state index is 11.8. The maximum atomic E-state index is 11.8. The van der Waals surface area contributed by atoms with Gasteiger partial charge in [-0.15, -0.1) is 0 Å². The maximum Gasteiger partial charge on any atom is 0.287 e. The lowest BCUT2D eigenvalue weighted by Gasteiger charge is -2.10. The highest BCUT2D eigenvalue weighted by Gasteiger charge is 2.08. The third-order valence-corrected chi connectivity index (χ3v) is 2.78. The Kier molecular flexibility index (Phi) is 7.47. The lowest BCUT2D eigenvalue weighted by molar-refractivity contribution is 0.0759. The Hall–Kier alpha value is -1.11. The molecule has 108 valence electrons. The molecule has 0 fully saturated rings. The second-order valence-electron chi connectivity index (χ2n) is 3.93. The third-order valence-electron chi connectivity index (χ3n) is 2.41. The first kappa shape index (κ1) is 15.9. The number of nitrogens with one attached hydrogen (secondary N) is 1. The summed E-state index contributed by atoms with van der Waals surface area (Å²) in [7, 11) is 1.62. The number of nitrogens with zero attached hydrogens (tertiary/aromatic N) is 2. The summed E-state index contributed by atoms with van der Waals surface area (Å²) in [5, 5.41) is 7.25. The Labute approximate surface area is 117 Å². The van der Waals surface area contributed by atoms with E-state index in [-0.39, 0.29) is 10.6 Å². The molecular weight excluding hydrogens is 270 g/mol. The average molecular weight is 290 g/mol. The third kappa shape index (κ3) is 5.18. The summed E-state index contributed by atoms with van der Waals surface area (Å²) in [4.78, 5) is 11.8. The van der Waals surface area contributed by atoms with E-state index in [1.54, 1.807) is 13.3 Å². The van der Waals surface area contributed by atoms with Gasteiger partial charge in [-0.3, -0.25) is 4.79 Å². The van der Waals surface area contributed by atoms with Gasteiger partial charge in [0.15, 0.2) is 0 Å². The predicted octanol–water partition coefficient (Wildman–Crippen LogP) is 1.38. The Bertz CT molecular complexity index is 437. The molecule has 1 heterocycles. The number of aryl methyl sites for hydroxylation is 1. The molecule has 0 bridgehead atoms. The van der Waals surface area contributed by atoms with E-state index in [2.05, 4.69) is 10.4 Å². The van der Waals surface area contributed by atoms with Crippen LogP contribution in [0, 0.1) is 0 Å². The van der Waals surface area contributed by atoms with Crippen LogP contribution >= 0.6 is 11.6 Å². The molecule has 1 aromatic heterocycles. The summed E-state index contributed by atoms with van der Waals surface area (Å²) in [6.45, 7) is 4.72. The summed E-state index contributed by atoms with van der Waals surface area (Å²) in [5.74, 6) is 0. The van der Waals surface area contributed by atoms with Crippen LogP contribution in [0.4, 0.5) is 5.69 Å². The molecule has 0 unspecified atom stereocenters. The van der Waals surface area contributed by atoms with Crippen molar-refractivity contribution in [2.24, 2.45) is 0 Å². The van der Waals surface area contributed by atoms with Crippen LogP contribution in [0.2, 0.25) is 5.02 Å². The molecule has 0 spiro atoms. The molecule has 0 aliphatic carbocycles. The fourth-order valence-corrected chi connectivity index (χ4v) is 1.67. The fourth-order valence-electron chi connectivity index (χ4n) is 1.46. The van der Waals surface area contributed by atoms with Crippen molar-refractivity contribution in [1.82, 2.24) is 9.78 Å². The van der Waals surface area contributed by atoms with Crippen LogP contribution < -0.4 is 10.9 Å². The number of rotatable bonds is 9. The Morgan fingerprint density at radius 2 is 2.21 bits per heavy atom. The quantitative estimate of drug-likeness (QED) is 0.696. The number of anilines is 1. The minimum Gasteiger partial charge on any atom is -0.382 e. The summed E-state index contributed by atoms with van der Waals surface area (Å²) < 4.78 is 11.5. The first-order valence-electron chi connectivity index (χ1n) is 6.26. The van der Waals surface area contributed by atoms with Crippen LogP contribution in [-0.2, 0) is 16.0 Å². The molecule has 7 heteroatoms. The zero-order valence-electron chi connectivity index (χ0n) is 11.3. The van der Waals surface area contributed by atoms with Crippen molar-refractivity contribution in [2.75, 3.05) is 38.8 Å². The molecule has 0 aliphatic heterocycles. The normalized spacial score (nSPS) is 10.7. The molecule has 0 saturated carbocycles. The van der Waals surface area contributed by atoms with Gasteiger partial charge in [0, 0.05) is 20.2 Å². The van der Waals surface area contributed by atoms with Gasteiger partial charge in [-0.25, -0.2) is 4.68 Å². The van der Waals surface area contributed by atoms with Crippen molar-refractivity contribution in [3.05, 3.63) is 21.6 Å². The highest BCUT2D eigenvalue weighted by Crippen LogP contribution is 2.14. The van der Waals surface area contributed by atoms with Gasteiger partial charge in [-0.05, 0) is 6.42 Å². The summed E-state index contributed by atoms with van der Waals surface area (Å²) in [6, 6.07) is 0. The number of aromatic nitrogens is 2. The number of hydrogen-bond donors (Lipinski definition) is 1. The molecule has 1 N–H and O–H groups in total. The van der Waals surface area contributed by atoms with Crippen molar-refractivity contribution in [3.8, 4) is 0 Å². The van der Waals surface area contributed by atoms with Gasteiger partial charge in [-0.2, -0.15) is 5.10 Å². The fraction of sp³-hybridized carbons (Fsp3) is 0.667. The molecule has 0 amide bonds. The molecule has 6 nitrogen and oxygen atoms in total. The van der Waals surface area contributed by atoms with Crippen LogP contribution in [0.15, 0.2) is 11.0 Å². The van der Waals surface area contributed by atoms with E-state index in [1.165, 1.54) is 4.68 Å². The Morgan fingerprint density at radius 1 is 1.42 bits per heavy atom. The minimum absolute atomic E-state index is 0.167. The monoisotopic (exact) mass is 289 g/mol. The molecule has 0 saturated heterocycles. The number of halogens is 1. The first-order chi connectivity index (χ1) is 9.20. The van der Waals surface area contributed by atoms with Crippen LogP contribution in [0.1, 0.15) is 13.3 Å². The Morgan fingerprint density at radius 3 is 2.89 bits per heavy atom. The molecule has 0 aliphatic rings. The van der Waals surface area contributed by atoms with Crippen molar-refractivity contribution in [2.45, 2.75) is 19.9 Å². The smallest absolute Gasteiger partial charge is 0.287 e. The topological polar surface area (TPSA) is 65.4 Å². The van der Waals surface area contributed by atoms with Gasteiger partial charge < -0.3 is 14.8 Å². The average Bonchev–Trinajstić information content (AvgIpc) is 2.41. The SMILES string of the molecule is CCCn1ncc(NCCOCCOC)c(Cl)c1=O. The molecule has 0 aromatic carbocycles. The highest BCUT2D eigenvalue weighted by molar-refractivity contribution is 6.32. The van der Waals surface area contributed by atoms with Gasteiger partial charge in [0.2, 0.25) is 0 Å². The van der Waals surface area contributed by atoms with Gasteiger partial charge >= 0.3 is 0 Å². The van der Waals surface area contributed by atoms with Gasteiger partial charge in [0.05, 0.1) is 31.7 Å². The largest absolute Gasteiger partial charge is 0.382 e. The number of methoxy groups -OCH3 is 1. The second-order valence-corrected chi connectivity index (χ2v) is 4.31. The Balaban J connectivity index is 2.46. The summed E-state index contributed by atoms with van der Waals surface area (Å²) >= 11 is 6.00. The lowest BCUT2D eigenvalue weighted by atomic mass is 10.4. The van der Waals surface area contributed by atoms with E-state index in [0.717, 1.165) is 6.42 Å². The first-order valence-corrected chi connectivity index (χ1v) is 6.64. The van der Waals surface area contributed by atoms with E-state index < -0.39 is 0 Å². The van der Waals surface area contributed by atoms with Crippen LogP contribution in [0.5, 0.6) is 0 Å². The van der Waals surface area contributed by atoms with Crippen molar-refractivity contribution >= 4 is 17.3 Å². The molecule has 19 heavy (non-hydrogen) atoms. The molecular formula is C12H20ClN3O3. The van der Waals surface area contributed by atoms with Crippen molar-refractivity contribution in [1.29, 1.82) is 0 Å². The van der Waals surface area contributed by atoms with Crippen LogP contribution in [0.3, 0.4) is 0 Å². The zero-order valence-corrected chi connectivity index (χ0v) is 12.1. The lowest BCUT2D eigenvalue weighted by Crippen LogP contribution is -2.24. The van der Waals surface area contributed by atoms with Crippen LogP contribution in [0.25, 0.3) is 0 Å². The minimum atomic E-state index is -0.270. The van der Waals surface area contributed by atoms with Crippen LogP contribution in [-0.4, -0.2) is 43.3 Å². The molecule has 0 radical (unpaired) electrons. The molecule has 1 aromatic rings. The van der Waals surface area contributed by atoms with Gasteiger partial charge in [0.1, 0.15) is 5.02 Å². The molecule has 1 rings (SSSR count). The molecule has 0 atom stereocenters. The van der Waals surface area contributed by atoms with E-state index in [0.29, 0.717) is 38.6 Å². The second kappa shape index (κ2) is 8.90. The van der Waals surface area contributed by atoms with Crippen molar-refractivity contribution in [3.63, 3.8) is 0 Å². The number of ether oxygens (including phenoxy) is 2. The van der Waals surface area contributed by atoms with E-state index >= 15 is 0 Å². The van der Waals surface area contributed by atoms with Gasteiger partial charge in [-0.1, -0.05) is 18.5 Å². The van der Waals surface area contributed by atoms with E-state index in [4.69, 9.17) is 21.1 Å². The predicted molar refractivity (Wildman–Crippen MR) is 75.0 cm³/mol. The standard InChI is InChI=1S/C12H20ClN3O3/c1-3-5-16-12(17)11(13)10(9-15-16)14-4-6-19-8-7-18-2/h9,14H,3-8H2,1-2H3. The van der Waals surface area contributed by atoms with E-state index in [1.807, 2.05) is 6.92 Å².